The van der Waals surface area contributed by atoms with Gasteiger partial charge in [-0.1, -0.05) is 42.3 Å². The molecule has 0 spiro atoms. The van der Waals surface area contributed by atoms with Gasteiger partial charge < -0.3 is 4.74 Å². The maximum Gasteiger partial charge on any atom is 0.215 e. The van der Waals surface area contributed by atoms with Crippen LogP contribution in [0.3, 0.4) is 0 Å². The zero-order chi connectivity index (χ0) is 15.4. The molecule has 0 radical (unpaired) electrons. The highest BCUT2D eigenvalue weighted by Crippen LogP contribution is 2.25. The van der Waals surface area contributed by atoms with Gasteiger partial charge in [0.05, 0.1) is 5.02 Å². The molecule has 0 aliphatic carbocycles. The molecular weight excluding hydrogens is 375 g/mol. The van der Waals surface area contributed by atoms with Crippen molar-refractivity contribution in [2.45, 2.75) is 18.4 Å². The number of rotatable bonds is 5. The van der Waals surface area contributed by atoms with Crippen LogP contribution in [0.4, 0.5) is 0 Å². The third-order valence-corrected chi connectivity index (χ3v) is 4.12. The normalized spacial score (nSPS) is 12.0. The van der Waals surface area contributed by atoms with Crippen LogP contribution in [0.2, 0.25) is 10.0 Å². The number of hydrogen-bond donors (Lipinski definition) is 0. The van der Waals surface area contributed by atoms with Gasteiger partial charge in [-0.05, 0) is 58.2 Å². The second kappa shape index (κ2) is 7.30. The van der Waals surface area contributed by atoms with E-state index in [9.17, 15) is 4.79 Å². The van der Waals surface area contributed by atoms with Gasteiger partial charge in [-0.15, -0.1) is 0 Å². The van der Waals surface area contributed by atoms with Crippen molar-refractivity contribution in [1.29, 1.82) is 0 Å². The molecule has 0 N–H and O–H groups in total. The minimum Gasteiger partial charge on any atom is -0.471 e. The molecule has 2 aromatic carbocycles. The van der Waals surface area contributed by atoms with Crippen molar-refractivity contribution in [2.75, 3.05) is 0 Å². The number of halogens is 3. The van der Waals surface area contributed by atoms with Crippen molar-refractivity contribution >= 4 is 44.9 Å². The Bertz CT molecular complexity index is 641. The fraction of sp³-hybridized carbons (Fsp3) is 0.188. The molecule has 0 amide bonds. The molecular formula is C16H13BrCl2O2. The second-order valence-electron chi connectivity index (χ2n) is 4.42. The highest BCUT2D eigenvalue weighted by atomic mass is 79.9. The van der Waals surface area contributed by atoms with Crippen LogP contribution in [0, 0.1) is 0 Å². The van der Waals surface area contributed by atoms with Gasteiger partial charge in [0.1, 0.15) is 5.75 Å². The predicted molar refractivity (Wildman–Crippen MR) is 90.0 cm³/mol. The molecule has 0 saturated heterocycles. The van der Waals surface area contributed by atoms with Crippen molar-refractivity contribution < 1.29 is 9.53 Å². The molecule has 0 aliphatic heterocycles. The predicted octanol–water partition coefficient (Wildman–Crippen LogP) is 5.54. The average molecular weight is 388 g/mol. The van der Waals surface area contributed by atoms with Crippen molar-refractivity contribution in [3.8, 4) is 5.75 Å². The highest BCUT2D eigenvalue weighted by Gasteiger charge is 2.21. The van der Waals surface area contributed by atoms with Gasteiger partial charge in [-0.2, -0.15) is 0 Å². The SMILES string of the molecule is CCc1ccc(OC(Br)C(=O)c2ccc(Cl)cc2Cl)cc1. The molecule has 110 valence electrons. The Balaban J connectivity index is 2.11. The van der Waals surface area contributed by atoms with E-state index in [1.165, 1.54) is 11.6 Å². The van der Waals surface area contributed by atoms with E-state index in [1.54, 1.807) is 12.1 Å². The van der Waals surface area contributed by atoms with Crippen LogP contribution in [0.25, 0.3) is 0 Å². The minimum atomic E-state index is -0.802. The van der Waals surface area contributed by atoms with Gasteiger partial charge >= 0.3 is 0 Å². The number of hydrogen-bond acceptors (Lipinski definition) is 2. The first-order valence-electron chi connectivity index (χ1n) is 6.40. The number of alkyl halides is 1. The average Bonchev–Trinajstić information content (AvgIpc) is 2.47. The van der Waals surface area contributed by atoms with Gasteiger partial charge in [-0.25, -0.2) is 0 Å². The van der Waals surface area contributed by atoms with Gasteiger partial charge in [0.15, 0.2) is 0 Å². The van der Waals surface area contributed by atoms with Crippen molar-refractivity contribution in [3.63, 3.8) is 0 Å². The Morgan fingerprint density at radius 2 is 1.86 bits per heavy atom. The lowest BCUT2D eigenvalue weighted by Gasteiger charge is -2.13. The Morgan fingerprint density at radius 3 is 2.43 bits per heavy atom. The molecule has 2 rings (SSSR count). The summed E-state index contributed by atoms with van der Waals surface area (Å²) >= 11 is 15.1. The van der Waals surface area contributed by atoms with Crippen molar-refractivity contribution in [2.24, 2.45) is 0 Å². The standard InChI is InChI=1S/C16H13BrCl2O2/c1-2-10-3-6-12(7-4-10)21-16(17)15(20)13-8-5-11(18)9-14(13)19/h3-9,16H,2H2,1H3. The third kappa shape index (κ3) is 4.22. The number of carbonyl (C=O) groups is 1. The quantitative estimate of drug-likeness (QED) is 0.497. The molecule has 0 saturated carbocycles. The lowest BCUT2D eigenvalue weighted by Crippen LogP contribution is -2.21. The number of aryl methyl sites for hydroxylation is 1. The van der Waals surface area contributed by atoms with Crippen LogP contribution in [0.1, 0.15) is 22.8 Å². The lowest BCUT2D eigenvalue weighted by atomic mass is 10.1. The monoisotopic (exact) mass is 386 g/mol. The Hall–Kier alpha value is -1.03. The summed E-state index contributed by atoms with van der Waals surface area (Å²) in [6.45, 7) is 2.08. The maximum absolute atomic E-state index is 12.3. The largest absolute Gasteiger partial charge is 0.471 e. The van der Waals surface area contributed by atoms with E-state index in [0.717, 1.165) is 6.42 Å². The zero-order valence-electron chi connectivity index (χ0n) is 11.3. The maximum atomic E-state index is 12.3. The van der Waals surface area contributed by atoms with E-state index in [2.05, 4.69) is 22.9 Å². The molecule has 1 atom stereocenters. The number of Topliss-reactive ketones (excluding diaryl/α,β-unsaturated/α-hetero) is 1. The van der Waals surface area contributed by atoms with Gasteiger partial charge in [0.2, 0.25) is 10.8 Å². The van der Waals surface area contributed by atoms with E-state index in [-0.39, 0.29) is 5.78 Å². The van der Waals surface area contributed by atoms with Crippen molar-refractivity contribution in [1.82, 2.24) is 0 Å². The van der Waals surface area contributed by atoms with Gasteiger partial charge in [-0.3, -0.25) is 4.79 Å². The van der Waals surface area contributed by atoms with E-state index in [1.807, 2.05) is 24.3 Å². The summed E-state index contributed by atoms with van der Waals surface area (Å²) < 4.78 is 5.59. The lowest BCUT2D eigenvalue weighted by molar-refractivity contribution is 0.0897. The Kier molecular flexibility index (Phi) is 5.68. The number of ether oxygens (including phenoxy) is 1. The molecule has 0 fully saturated rings. The fourth-order valence-corrected chi connectivity index (χ4v) is 2.75. The third-order valence-electron chi connectivity index (χ3n) is 2.97. The zero-order valence-corrected chi connectivity index (χ0v) is 14.4. The first-order chi connectivity index (χ1) is 10.0. The van der Waals surface area contributed by atoms with E-state index < -0.39 is 5.01 Å². The topological polar surface area (TPSA) is 26.3 Å². The van der Waals surface area contributed by atoms with E-state index in [4.69, 9.17) is 27.9 Å². The van der Waals surface area contributed by atoms with Crippen LogP contribution in [-0.4, -0.2) is 10.8 Å². The van der Waals surface area contributed by atoms with Gasteiger partial charge in [0, 0.05) is 10.6 Å². The number of benzene rings is 2. The summed E-state index contributed by atoms with van der Waals surface area (Å²) in [7, 11) is 0. The van der Waals surface area contributed by atoms with Crippen LogP contribution >= 0.6 is 39.1 Å². The summed E-state index contributed by atoms with van der Waals surface area (Å²) in [5.41, 5.74) is 1.58. The highest BCUT2D eigenvalue weighted by molar-refractivity contribution is 9.09. The minimum absolute atomic E-state index is 0.253. The Labute approximate surface area is 142 Å². The molecule has 0 aromatic heterocycles. The van der Waals surface area contributed by atoms with E-state index in [0.29, 0.717) is 21.4 Å². The first kappa shape index (κ1) is 16.3. The number of carbonyl (C=O) groups excluding carboxylic acids is 1. The molecule has 0 heterocycles. The molecule has 0 bridgehead atoms. The van der Waals surface area contributed by atoms with Crippen LogP contribution in [-0.2, 0) is 6.42 Å². The van der Waals surface area contributed by atoms with Gasteiger partial charge in [0.25, 0.3) is 0 Å². The molecule has 21 heavy (non-hydrogen) atoms. The first-order valence-corrected chi connectivity index (χ1v) is 8.07. The number of ketones is 1. The second-order valence-corrected chi connectivity index (χ2v) is 6.10. The molecule has 2 aromatic rings. The molecule has 0 aliphatic rings. The fourth-order valence-electron chi connectivity index (χ4n) is 1.79. The summed E-state index contributed by atoms with van der Waals surface area (Å²) in [5, 5.41) is -0.00993. The van der Waals surface area contributed by atoms with E-state index >= 15 is 0 Å². The van der Waals surface area contributed by atoms with Crippen molar-refractivity contribution in [3.05, 3.63) is 63.6 Å². The summed E-state index contributed by atoms with van der Waals surface area (Å²) in [6.07, 6.45) is 0.956. The summed E-state index contributed by atoms with van der Waals surface area (Å²) in [4.78, 5) is 12.3. The van der Waals surface area contributed by atoms with Crippen LogP contribution in [0.15, 0.2) is 42.5 Å². The molecule has 2 nitrogen and oxygen atoms in total. The smallest absolute Gasteiger partial charge is 0.215 e. The molecule has 1 unspecified atom stereocenters. The molecule has 5 heteroatoms. The summed E-state index contributed by atoms with van der Waals surface area (Å²) in [6, 6.07) is 12.4. The van der Waals surface area contributed by atoms with Crippen LogP contribution < -0.4 is 4.74 Å². The van der Waals surface area contributed by atoms with Crippen LogP contribution in [0.5, 0.6) is 5.75 Å². The summed E-state index contributed by atoms with van der Waals surface area (Å²) in [5.74, 6) is 0.365. The Morgan fingerprint density at radius 1 is 1.19 bits per heavy atom.